The van der Waals surface area contributed by atoms with E-state index in [-0.39, 0.29) is 72.9 Å². The first kappa shape index (κ1) is 52.7. The quantitative estimate of drug-likeness (QED) is 0.0599. The van der Waals surface area contributed by atoms with Gasteiger partial charge in [0, 0.05) is 111 Å². The van der Waals surface area contributed by atoms with E-state index < -0.39 is 18.1 Å². The van der Waals surface area contributed by atoms with E-state index in [0.717, 1.165) is 104 Å². The number of carbonyl (C=O) groups is 2. The van der Waals surface area contributed by atoms with Gasteiger partial charge in [-0.3, -0.25) is 19.6 Å². The van der Waals surface area contributed by atoms with Crippen LogP contribution in [-0.4, -0.2) is 151 Å². The van der Waals surface area contributed by atoms with E-state index in [1.54, 1.807) is 18.2 Å². The van der Waals surface area contributed by atoms with Crippen molar-refractivity contribution in [2.75, 3.05) is 61.4 Å². The first-order chi connectivity index (χ1) is 37.7. The maximum Gasteiger partial charge on any atom is 0.254 e. The number of hydrogen-bond acceptors (Lipinski definition) is 17. The summed E-state index contributed by atoms with van der Waals surface area (Å²) in [6.07, 6.45) is 7.20. The van der Waals surface area contributed by atoms with Crippen LogP contribution in [0.25, 0.3) is 22.4 Å². The third kappa shape index (κ3) is 11.2. The number of anilines is 3. The van der Waals surface area contributed by atoms with E-state index in [0.29, 0.717) is 47.7 Å². The standard InChI is InChI=1S/C58H72N12O8/c1-33(2)54(58(74)69-32-42(71)25-49(69)57(73)61-34(3)37-10-12-38(13-11-37)55-35(4)62-63-36(55)5)51-29-53(66-78-51)75-23-22-67-20-17-43(18-21-67)76-44-26-45(27-44)77-52-24-39(16-19-60-52)70-40-14-15-41(70)31-68(30-40)48-28-47(64-65-56(48)59)46-8-6-7-9-50(46)72/h6-13,16,19,24,28-29,33-34,40-45,49,54,71-72H,14-15,17-18,20-23,25-27,30-32H2,1-5H3,(H2,59,65)(H,61,73)(H,62,63)/t34-,40?,41?,42+,44?,45?,49-,54+/m0/s1. The molecule has 1 aliphatic carbocycles. The zero-order valence-electron chi connectivity index (χ0n) is 45.1. The van der Waals surface area contributed by atoms with Crippen LogP contribution in [-0.2, 0) is 14.3 Å². The van der Waals surface area contributed by atoms with Crippen LogP contribution in [0.5, 0.6) is 17.5 Å². The molecule has 2 bridgehead atoms. The van der Waals surface area contributed by atoms with Crippen LogP contribution in [0.3, 0.4) is 0 Å². The number of nitrogens with two attached hydrogens (primary N) is 1. The minimum Gasteiger partial charge on any atom is -0.507 e. The number of likely N-dealkylation sites (tertiary alicyclic amines) is 2. The number of nitrogens with one attached hydrogen (secondary N) is 2. The predicted molar refractivity (Wildman–Crippen MR) is 293 cm³/mol. The number of β-amino-alcohol motifs (C(OH)–C–C–N with tert-alkyl or cyclic N) is 1. The number of aromatic hydroxyl groups is 1. The van der Waals surface area contributed by atoms with Gasteiger partial charge >= 0.3 is 0 Å². The second kappa shape index (κ2) is 22.6. The summed E-state index contributed by atoms with van der Waals surface area (Å²) < 4.78 is 24.8. The summed E-state index contributed by atoms with van der Waals surface area (Å²) in [7, 11) is 0. The van der Waals surface area contributed by atoms with E-state index in [1.807, 2.05) is 83.3 Å². The van der Waals surface area contributed by atoms with Crippen LogP contribution >= 0.6 is 0 Å². The van der Waals surface area contributed by atoms with Gasteiger partial charge in [0.05, 0.1) is 41.4 Å². The number of amides is 2. The number of H-pyrrole nitrogens is 1. The van der Waals surface area contributed by atoms with Crippen molar-refractivity contribution in [3.8, 4) is 39.9 Å². The number of carbonyl (C=O) groups excluding carboxylic acids is 2. The Kier molecular flexibility index (Phi) is 15.3. The number of aromatic nitrogens is 6. The number of rotatable bonds is 18. The number of aryl methyl sites for hydroxylation is 2. The lowest BCUT2D eigenvalue weighted by Crippen LogP contribution is -2.54. The van der Waals surface area contributed by atoms with Crippen LogP contribution in [0, 0.1) is 19.8 Å². The van der Waals surface area contributed by atoms with E-state index >= 15 is 0 Å². The first-order valence-corrected chi connectivity index (χ1v) is 27.7. The Bertz CT molecular complexity index is 3030. The van der Waals surface area contributed by atoms with Gasteiger partial charge in [0.2, 0.25) is 17.7 Å². The summed E-state index contributed by atoms with van der Waals surface area (Å²) in [5.74, 6) is 0.312. The first-order valence-electron chi connectivity index (χ1n) is 27.7. The molecule has 5 fully saturated rings. The molecule has 4 aliphatic heterocycles. The molecule has 0 spiro atoms. The van der Waals surface area contributed by atoms with Gasteiger partial charge in [0.1, 0.15) is 30.4 Å². The number of nitrogens with zero attached hydrogens (tertiary/aromatic N) is 9. The topological polar surface area (TPSA) is 247 Å². The zero-order chi connectivity index (χ0) is 54.2. The molecule has 11 rings (SSSR count). The summed E-state index contributed by atoms with van der Waals surface area (Å²) in [5.41, 5.74) is 14.5. The van der Waals surface area contributed by atoms with Crippen LogP contribution in [0.4, 0.5) is 17.2 Å². The number of piperidine rings is 1. The maximum absolute atomic E-state index is 14.3. The minimum atomic E-state index is -0.837. The molecule has 1 saturated carbocycles. The summed E-state index contributed by atoms with van der Waals surface area (Å²) in [6, 6.07) is 22.3. The van der Waals surface area contributed by atoms with Gasteiger partial charge < -0.3 is 54.7 Å². The summed E-state index contributed by atoms with van der Waals surface area (Å²) in [5, 5.41) is 44.4. The van der Waals surface area contributed by atoms with Crippen molar-refractivity contribution in [2.45, 2.75) is 134 Å². The van der Waals surface area contributed by atoms with Gasteiger partial charge in [0.15, 0.2) is 11.6 Å². The Morgan fingerprint density at radius 1 is 0.885 bits per heavy atom. The molecule has 2 aromatic carbocycles. The normalized spacial score (nSPS) is 23.3. The van der Waals surface area contributed by atoms with E-state index in [2.05, 4.69) is 62.7 Å². The third-order valence-electron chi connectivity index (χ3n) is 16.5. The molecule has 6 N–H and O–H groups in total. The molecule has 412 valence electrons. The van der Waals surface area contributed by atoms with Crippen molar-refractivity contribution in [2.24, 2.45) is 5.92 Å². The SMILES string of the molecule is Cc1n[nH]c(C)c1-c1ccc([C@H](C)NC(=O)[C@@H]2C[C@@H](O)CN2C(=O)[C@@H](c2cc(OCCN3CCC(OC4CC(Oc5cc(N6C7CCC6CN(c6cc(-c8ccccc8O)nnc6N)C7)ccn5)C4)CC3)no2)C(C)C)cc1. The van der Waals surface area contributed by atoms with Gasteiger partial charge in [-0.1, -0.05) is 50.2 Å². The Labute approximate surface area is 454 Å². The fourth-order valence-corrected chi connectivity index (χ4v) is 12.3. The number of aliphatic hydroxyl groups is 1. The largest absolute Gasteiger partial charge is 0.507 e. The average Bonchev–Trinajstić information content (AvgIpc) is 4.29. The molecule has 5 aliphatic rings. The fraction of sp³-hybridized carbons (Fsp3) is 0.500. The lowest BCUT2D eigenvalue weighted by atomic mass is 9.91. The molecule has 20 heteroatoms. The van der Waals surface area contributed by atoms with E-state index in [1.165, 1.54) is 4.90 Å². The van der Waals surface area contributed by atoms with Crippen molar-refractivity contribution >= 4 is 29.0 Å². The molecule has 4 saturated heterocycles. The molecular formula is C58H72N12O8. The van der Waals surface area contributed by atoms with Gasteiger partial charge in [0.25, 0.3) is 5.88 Å². The third-order valence-corrected chi connectivity index (χ3v) is 16.5. The summed E-state index contributed by atoms with van der Waals surface area (Å²) in [6.45, 7) is 14.2. The average molecular weight is 1070 g/mol. The lowest BCUT2D eigenvalue weighted by Gasteiger charge is -2.43. The number of nitrogen functional groups attached to an aromatic ring is 1. The summed E-state index contributed by atoms with van der Waals surface area (Å²) in [4.78, 5) is 41.3. The van der Waals surface area contributed by atoms with Crippen LogP contribution in [0.15, 0.2) is 83.5 Å². The number of aromatic amines is 1. The molecule has 78 heavy (non-hydrogen) atoms. The van der Waals surface area contributed by atoms with Gasteiger partial charge in [-0.2, -0.15) is 5.10 Å². The highest BCUT2D eigenvalue weighted by atomic mass is 16.5. The number of pyridine rings is 1. The maximum atomic E-state index is 14.3. The number of piperazine rings is 1. The number of ether oxygens (including phenoxy) is 3. The number of para-hydroxylation sites is 1. The predicted octanol–water partition coefficient (Wildman–Crippen LogP) is 6.73. The van der Waals surface area contributed by atoms with Crippen molar-refractivity contribution in [3.05, 3.63) is 102 Å². The van der Waals surface area contributed by atoms with Crippen LogP contribution in [0.1, 0.15) is 100 Å². The molecule has 2 amide bonds. The molecule has 6 atom stereocenters. The second-order valence-corrected chi connectivity index (χ2v) is 22.3. The van der Waals surface area contributed by atoms with E-state index in [4.69, 9.17) is 24.5 Å². The molecule has 4 aromatic heterocycles. The van der Waals surface area contributed by atoms with Gasteiger partial charge in [-0.15, -0.1) is 10.2 Å². The highest BCUT2D eigenvalue weighted by Gasteiger charge is 2.45. The number of benzene rings is 2. The molecule has 0 radical (unpaired) electrons. The Hall–Kier alpha value is -7.29. The number of fused-ring (bicyclic) bond motifs is 2. The van der Waals surface area contributed by atoms with Crippen LogP contribution < -0.4 is 30.3 Å². The fourth-order valence-electron chi connectivity index (χ4n) is 12.3. The monoisotopic (exact) mass is 1060 g/mol. The Morgan fingerprint density at radius 3 is 2.36 bits per heavy atom. The van der Waals surface area contributed by atoms with Crippen molar-refractivity contribution in [3.63, 3.8) is 0 Å². The van der Waals surface area contributed by atoms with Crippen molar-refractivity contribution in [1.29, 1.82) is 0 Å². The number of aliphatic hydroxyl groups excluding tert-OH is 1. The summed E-state index contributed by atoms with van der Waals surface area (Å²) >= 11 is 0. The Balaban J connectivity index is 0.602. The zero-order valence-corrected chi connectivity index (χ0v) is 45.1. The highest BCUT2D eigenvalue weighted by Crippen LogP contribution is 2.41. The minimum absolute atomic E-state index is 0.0481. The molecule has 8 heterocycles. The number of phenols is 1. The molecule has 6 aromatic rings. The molecule has 20 nitrogen and oxygen atoms in total. The number of phenolic OH excluding ortho intramolecular Hbond substituents is 1. The van der Waals surface area contributed by atoms with Gasteiger partial charge in [-0.25, -0.2) is 4.98 Å². The molecule has 2 unspecified atom stereocenters. The van der Waals surface area contributed by atoms with E-state index in [9.17, 15) is 19.8 Å². The van der Waals surface area contributed by atoms with Gasteiger partial charge in [-0.05, 0) is 92.9 Å². The second-order valence-electron chi connectivity index (χ2n) is 22.3. The highest BCUT2D eigenvalue weighted by molar-refractivity contribution is 5.91. The van der Waals surface area contributed by atoms with Crippen molar-refractivity contribution in [1.82, 2.24) is 45.7 Å². The smallest absolute Gasteiger partial charge is 0.254 e. The Morgan fingerprint density at radius 2 is 1.64 bits per heavy atom. The lowest BCUT2D eigenvalue weighted by molar-refractivity contribution is -0.141. The van der Waals surface area contributed by atoms with Crippen LogP contribution in [0.2, 0.25) is 0 Å². The van der Waals surface area contributed by atoms with Crippen molar-refractivity contribution < 1.29 is 38.5 Å². The molecular weight excluding hydrogens is 993 g/mol. The number of hydrogen-bond donors (Lipinski definition) is 5.